The van der Waals surface area contributed by atoms with Crippen molar-refractivity contribution in [2.75, 3.05) is 37.0 Å². The van der Waals surface area contributed by atoms with Crippen molar-refractivity contribution in [3.05, 3.63) is 59.1 Å². The van der Waals surface area contributed by atoms with E-state index >= 15 is 0 Å². The fourth-order valence-corrected chi connectivity index (χ4v) is 3.04. The minimum absolute atomic E-state index is 0.120. The zero-order valence-corrected chi connectivity index (χ0v) is 15.4. The zero-order chi connectivity index (χ0) is 19.4. The molecule has 1 fully saturated rings. The number of rotatable bonds is 5. The van der Waals surface area contributed by atoms with Crippen molar-refractivity contribution in [2.24, 2.45) is 0 Å². The number of hydrogen-bond donors (Lipinski definition) is 1. The van der Waals surface area contributed by atoms with Gasteiger partial charge in [0.1, 0.15) is 6.54 Å². The highest BCUT2D eigenvalue weighted by molar-refractivity contribution is 6.30. The molecule has 8 heteroatoms. The minimum Gasteiger partial charge on any atom is -0.465 e. The molecule has 0 unspecified atom stereocenters. The number of amides is 3. The molecule has 1 heterocycles. The Bertz CT molecular complexity index is 887. The number of hydrogen-bond acceptors (Lipinski definition) is 4. The molecule has 3 amide bonds. The van der Waals surface area contributed by atoms with E-state index in [0.29, 0.717) is 29.5 Å². The number of nitrogens with one attached hydrogen (secondary N) is 1. The summed E-state index contributed by atoms with van der Waals surface area (Å²) >= 11 is 5.98. The van der Waals surface area contributed by atoms with E-state index in [1.165, 1.54) is 12.0 Å². The van der Waals surface area contributed by atoms with E-state index in [2.05, 4.69) is 5.32 Å². The summed E-state index contributed by atoms with van der Waals surface area (Å²) in [5.74, 6) is -0.942. The minimum atomic E-state index is -0.546. The number of ether oxygens (including phenoxy) is 1. The van der Waals surface area contributed by atoms with Gasteiger partial charge in [-0.25, -0.2) is 9.59 Å². The third-order valence-corrected chi connectivity index (χ3v) is 4.39. The first kappa shape index (κ1) is 18.7. The fourth-order valence-electron chi connectivity index (χ4n) is 2.86. The second kappa shape index (κ2) is 8.09. The van der Waals surface area contributed by atoms with Gasteiger partial charge in [0.05, 0.1) is 18.4 Å². The number of anilines is 2. The van der Waals surface area contributed by atoms with Gasteiger partial charge in [-0.15, -0.1) is 0 Å². The van der Waals surface area contributed by atoms with Crippen LogP contribution in [0.25, 0.3) is 0 Å². The molecule has 1 aliphatic rings. The maximum atomic E-state index is 12.6. The van der Waals surface area contributed by atoms with Crippen molar-refractivity contribution in [3.8, 4) is 0 Å². The van der Waals surface area contributed by atoms with Gasteiger partial charge < -0.3 is 15.0 Å². The van der Waals surface area contributed by atoms with Gasteiger partial charge in [-0.05, 0) is 30.3 Å². The van der Waals surface area contributed by atoms with Gasteiger partial charge in [0.25, 0.3) is 0 Å². The van der Waals surface area contributed by atoms with Gasteiger partial charge >= 0.3 is 12.0 Å². The topological polar surface area (TPSA) is 79.0 Å². The van der Waals surface area contributed by atoms with Crippen LogP contribution in [0.2, 0.25) is 5.02 Å². The lowest BCUT2D eigenvalue weighted by atomic mass is 10.2. The number of methoxy groups -OCH3 is 1. The molecule has 3 rings (SSSR count). The molecular weight excluding hydrogens is 370 g/mol. The van der Waals surface area contributed by atoms with E-state index in [0.717, 1.165) is 0 Å². The van der Waals surface area contributed by atoms with Crippen molar-refractivity contribution >= 4 is 40.9 Å². The smallest absolute Gasteiger partial charge is 0.339 e. The standard InChI is InChI=1S/C19H18ClN3O4/c1-27-18(25)15-7-2-3-8-16(15)21-17(24)12-22-9-10-23(19(22)26)14-6-4-5-13(20)11-14/h2-8,11H,9-10,12H2,1H3,(H,21,24). The highest BCUT2D eigenvalue weighted by atomic mass is 35.5. The van der Waals surface area contributed by atoms with Crippen molar-refractivity contribution in [2.45, 2.75) is 0 Å². The Morgan fingerprint density at radius 1 is 1.15 bits per heavy atom. The first-order chi connectivity index (χ1) is 13.0. The number of carbonyl (C=O) groups is 3. The van der Waals surface area contributed by atoms with E-state index in [-0.39, 0.29) is 18.1 Å². The monoisotopic (exact) mass is 387 g/mol. The van der Waals surface area contributed by atoms with Crippen LogP contribution in [0.1, 0.15) is 10.4 Å². The van der Waals surface area contributed by atoms with Crippen LogP contribution in [-0.4, -0.2) is 49.6 Å². The van der Waals surface area contributed by atoms with Crippen LogP contribution >= 0.6 is 11.6 Å². The Hall–Kier alpha value is -3.06. The first-order valence-corrected chi connectivity index (χ1v) is 8.66. The third kappa shape index (κ3) is 4.20. The number of halogens is 1. The van der Waals surface area contributed by atoms with Crippen LogP contribution in [0.3, 0.4) is 0 Å². The van der Waals surface area contributed by atoms with E-state index < -0.39 is 11.9 Å². The molecular formula is C19H18ClN3O4. The van der Waals surface area contributed by atoms with E-state index in [9.17, 15) is 14.4 Å². The van der Waals surface area contributed by atoms with Crippen LogP contribution in [0.15, 0.2) is 48.5 Å². The Kier molecular flexibility index (Phi) is 5.61. The molecule has 0 radical (unpaired) electrons. The van der Waals surface area contributed by atoms with E-state index in [1.54, 1.807) is 53.4 Å². The van der Waals surface area contributed by atoms with Crippen LogP contribution in [0, 0.1) is 0 Å². The molecule has 27 heavy (non-hydrogen) atoms. The molecule has 1 aliphatic heterocycles. The van der Waals surface area contributed by atoms with Crippen LogP contribution in [-0.2, 0) is 9.53 Å². The van der Waals surface area contributed by atoms with Gasteiger partial charge in [-0.2, -0.15) is 0 Å². The van der Waals surface area contributed by atoms with Gasteiger partial charge in [0, 0.05) is 23.8 Å². The summed E-state index contributed by atoms with van der Waals surface area (Å²) in [7, 11) is 1.27. The maximum absolute atomic E-state index is 12.6. The summed E-state index contributed by atoms with van der Waals surface area (Å²) < 4.78 is 4.71. The molecule has 1 saturated heterocycles. The van der Waals surface area contributed by atoms with Gasteiger partial charge in [-0.1, -0.05) is 29.8 Å². The molecule has 0 aliphatic carbocycles. The van der Waals surface area contributed by atoms with Gasteiger partial charge in [0.15, 0.2) is 0 Å². The second-order valence-corrected chi connectivity index (χ2v) is 6.36. The summed E-state index contributed by atoms with van der Waals surface area (Å²) in [4.78, 5) is 39.8. The molecule has 1 N–H and O–H groups in total. The SMILES string of the molecule is COC(=O)c1ccccc1NC(=O)CN1CCN(c2cccc(Cl)c2)C1=O. The number of para-hydroxylation sites is 1. The third-order valence-electron chi connectivity index (χ3n) is 4.16. The average Bonchev–Trinajstić information content (AvgIpc) is 3.02. The first-order valence-electron chi connectivity index (χ1n) is 8.29. The number of benzene rings is 2. The normalized spacial score (nSPS) is 13.6. The Morgan fingerprint density at radius 3 is 2.67 bits per heavy atom. The molecule has 7 nitrogen and oxygen atoms in total. The largest absolute Gasteiger partial charge is 0.465 e. The molecule has 140 valence electrons. The number of carbonyl (C=O) groups excluding carboxylic acids is 3. The zero-order valence-electron chi connectivity index (χ0n) is 14.6. The van der Waals surface area contributed by atoms with Crippen molar-refractivity contribution < 1.29 is 19.1 Å². The summed E-state index contributed by atoms with van der Waals surface area (Å²) in [6.07, 6.45) is 0. The van der Waals surface area contributed by atoms with Crippen LogP contribution < -0.4 is 10.2 Å². The van der Waals surface area contributed by atoms with Crippen molar-refractivity contribution in [1.29, 1.82) is 0 Å². The van der Waals surface area contributed by atoms with E-state index in [1.807, 2.05) is 0 Å². The molecule has 0 atom stereocenters. The Morgan fingerprint density at radius 2 is 1.93 bits per heavy atom. The molecule has 0 saturated carbocycles. The molecule has 0 aromatic heterocycles. The highest BCUT2D eigenvalue weighted by Gasteiger charge is 2.31. The van der Waals surface area contributed by atoms with Crippen molar-refractivity contribution in [3.63, 3.8) is 0 Å². The van der Waals surface area contributed by atoms with Crippen LogP contribution in [0.4, 0.5) is 16.2 Å². The summed E-state index contributed by atoms with van der Waals surface area (Å²) in [6.45, 7) is 0.758. The lowest BCUT2D eigenvalue weighted by Gasteiger charge is -2.19. The van der Waals surface area contributed by atoms with Crippen LogP contribution in [0.5, 0.6) is 0 Å². The lowest BCUT2D eigenvalue weighted by molar-refractivity contribution is -0.116. The fraction of sp³-hybridized carbons (Fsp3) is 0.211. The molecule has 0 spiro atoms. The molecule has 2 aromatic rings. The Labute approximate surface area is 161 Å². The highest BCUT2D eigenvalue weighted by Crippen LogP contribution is 2.23. The summed E-state index contributed by atoms with van der Waals surface area (Å²) in [6, 6.07) is 13.3. The summed E-state index contributed by atoms with van der Waals surface area (Å²) in [5.41, 5.74) is 1.28. The predicted octanol–water partition coefficient (Wildman–Crippen LogP) is 3.01. The quantitative estimate of drug-likeness (QED) is 0.800. The second-order valence-electron chi connectivity index (χ2n) is 5.92. The average molecular weight is 388 g/mol. The number of nitrogens with zero attached hydrogens (tertiary/aromatic N) is 2. The molecule has 2 aromatic carbocycles. The van der Waals surface area contributed by atoms with E-state index in [4.69, 9.17) is 16.3 Å². The van der Waals surface area contributed by atoms with Gasteiger partial charge in [0.2, 0.25) is 5.91 Å². The lowest BCUT2D eigenvalue weighted by Crippen LogP contribution is -2.37. The predicted molar refractivity (Wildman–Crippen MR) is 102 cm³/mol. The van der Waals surface area contributed by atoms with Crippen molar-refractivity contribution in [1.82, 2.24) is 4.90 Å². The Balaban J connectivity index is 1.66. The summed E-state index contributed by atoms with van der Waals surface area (Å²) in [5, 5.41) is 3.20. The van der Waals surface area contributed by atoms with Gasteiger partial charge in [-0.3, -0.25) is 9.69 Å². The number of urea groups is 1. The molecule has 0 bridgehead atoms. The number of esters is 1. The maximum Gasteiger partial charge on any atom is 0.339 e.